The van der Waals surface area contributed by atoms with E-state index in [0.717, 1.165) is 15.6 Å². The Bertz CT molecular complexity index is 887. The summed E-state index contributed by atoms with van der Waals surface area (Å²) in [4.78, 5) is 0.118. The quantitative estimate of drug-likeness (QED) is 0.597. The van der Waals surface area contributed by atoms with Crippen molar-refractivity contribution in [2.45, 2.75) is 4.90 Å². The van der Waals surface area contributed by atoms with Crippen molar-refractivity contribution in [2.24, 2.45) is 0 Å². The number of benzene rings is 3. The second-order valence-electron chi connectivity index (χ2n) is 4.88. The van der Waals surface area contributed by atoms with E-state index in [9.17, 15) is 8.42 Å². The fraction of sp³-hybridized carbons (Fsp3) is 0. The normalized spacial score (nSPS) is 11.2. The van der Waals surface area contributed by atoms with Crippen LogP contribution in [0, 0.1) is 0 Å². The van der Waals surface area contributed by atoms with Gasteiger partial charge in [0, 0.05) is 4.47 Å². The number of halogens is 1. The third kappa shape index (κ3) is 3.81. The second kappa shape index (κ2) is 6.56. The lowest BCUT2D eigenvalue weighted by Gasteiger charge is -2.08. The third-order valence-corrected chi connectivity index (χ3v) is 5.06. The van der Waals surface area contributed by atoms with Gasteiger partial charge in [-0.25, -0.2) is 0 Å². The van der Waals surface area contributed by atoms with Crippen LogP contribution < -0.4 is 4.18 Å². The van der Waals surface area contributed by atoms with Gasteiger partial charge in [0.2, 0.25) is 0 Å². The van der Waals surface area contributed by atoms with Crippen LogP contribution in [0.1, 0.15) is 0 Å². The van der Waals surface area contributed by atoms with Gasteiger partial charge in [0.15, 0.2) is 0 Å². The first kappa shape index (κ1) is 15.8. The topological polar surface area (TPSA) is 43.4 Å². The van der Waals surface area contributed by atoms with E-state index in [1.807, 2.05) is 42.5 Å². The van der Waals surface area contributed by atoms with E-state index in [1.165, 1.54) is 12.1 Å². The Morgan fingerprint density at radius 3 is 1.87 bits per heavy atom. The summed E-state index contributed by atoms with van der Waals surface area (Å²) in [7, 11) is -3.83. The Labute approximate surface area is 143 Å². The van der Waals surface area contributed by atoms with Crippen LogP contribution in [0.3, 0.4) is 0 Å². The molecule has 3 aromatic rings. The Hall–Kier alpha value is -2.11. The van der Waals surface area contributed by atoms with Gasteiger partial charge in [0.1, 0.15) is 10.6 Å². The predicted octanol–water partition coefficient (Wildman–Crippen LogP) is 4.88. The Morgan fingerprint density at radius 2 is 1.26 bits per heavy atom. The summed E-state index contributed by atoms with van der Waals surface area (Å²) >= 11 is 3.27. The van der Waals surface area contributed by atoms with Crippen LogP contribution in [0.2, 0.25) is 0 Å². The molecule has 0 heterocycles. The molecule has 0 spiro atoms. The van der Waals surface area contributed by atoms with Gasteiger partial charge in [-0.3, -0.25) is 0 Å². The van der Waals surface area contributed by atoms with Crippen molar-refractivity contribution < 1.29 is 12.6 Å². The van der Waals surface area contributed by atoms with Crippen LogP contribution >= 0.6 is 15.9 Å². The van der Waals surface area contributed by atoms with E-state index in [0.29, 0.717) is 0 Å². The molecule has 0 aliphatic carbocycles. The fourth-order valence-electron chi connectivity index (χ4n) is 2.11. The maximum absolute atomic E-state index is 12.2. The summed E-state index contributed by atoms with van der Waals surface area (Å²) in [6.45, 7) is 0. The van der Waals surface area contributed by atoms with Gasteiger partial charge < -0.3 is 4.18 Å². The molecule has 3 rings (SSSR count). The number of hydrogen-bond acceptors (Lipinski definition) is 3. The SMILES string of the molecule is O=S(=O)(Oc1ccc(-c2ccccc2)cc1)c1ccc(Br)cc1. The largest absolute Gasteiger partial charge is 0.379 e. The summed E-state index contributed by atoms with van der Waals surface area (Å²) in [5.74, 6) is 0.285. The zero-order chi connectivity index (χ0) is 16.3. The highest BCUT2D eigenvalue weighted by molar-refractivity contribution is 9.10. The highest BCUT2D eigenvalue weighted by Crippen LogP contribution is 2.24. The smallest absolute Gasteiger partial charge is 0.339 e. The van der Waals surface area contributed by atoms with Crippen molar-refractivity contribution in [3.63, 3.8) is 0 Å². The second-order valence-corrected chi connectivity index (χ2v) is 7.34. The maximum Gasteiger partial charge on any atom is 0.339 e. The molecule has 23 heavy (non-hydrogen) atoms. The molecule has 0 bridgehead atoms. The van der Waals surface area contributed by atoms with Crippen molar-refractivity contribution in [3.05, 3.63) is 83.3 Å². The standard InChI is InChI=1S/C18H13BrO3S/c19-16-8-12-18(13-9-16)23(20,21)22-17-10-6-15(7-11-17)14-4-2-1-3-5-14/h1-13H. The molecule has 0 atom stereocenters. The molecule has 0 aromatic heterocycles. The lowest BCUT2D eigenvalue weighted by molar-refractivity contribution is 0.486. The van der Waals surface area contributed by atoms with Gasteiger partial charge in [-0.15, -0.1) is 0 Å². The maximum atomic E-state index is 12.2. The van der Waals surface area contributed by atoms with Crippen molar-refractivity contribution in [2.75, 3.05) is 0 Å². The average Bonchev–Trinajstić information content (AvgIpc) is 2.56. The van der Waals surface area contributed by atoms with E-state index in [1.54, 1.807) is 24.3 Å². The molecular weight excluding hydrogens is 376 g/mol. The highest BCUT2D eigenvalue weighted by atomic mass is 79.9. The third-order valence-electron chi connectivity index (χ3n) is 3.27. The van der Waals surface area contributed by atoms with Gasteiger partial charge in [0.25, 0.3) is 0 Å². The average molecular weight is 389 g/mol. The van der Waals surface area contributed by atoms with Crippen LogP contribution in [0.15, 0.2) is 88.2 Å². The molecule has 0 radical (unpaired) electrons. The summed E-state index contributed by atoms with van der Waals surface area (Å²) in [5.41, 5.74) is 2.06. The monoisotopic (exact) mass is 388 g/mol. The van der Waals surface area contributed by atoms with Crippen molar-refractivity contribution >= 4 is 26.0 Å². The fourth-order valence-corrected chi connectivity index (χ4v) is 3.30. The molecule has 3 nitrogen and oxygen atoms in total. The van der Waals surface area contributed by atoms with Crippen molar-refractivity contribution in [1.29, 1.82) is 0 Å². The first-order valence-electron chi connectivity index (χ1n) is 6.90. The van der Waals surface area contributed by atoms with E-state index >= 15 is 0 Å². The molecule has 116 valence electrons. The minimum Gasteiger partial charge on any atom is -0.379 e. The van der Waals surface area contributed by atoms with Crippen LogP contribution in [-0.2, 0) is 10.1 Å². The Kier molecular flexibility index (Phi) is 4.50. The summed E-state index contributed by atoms with van der Waals surface area (Å²) < 4.78 is 30.4. The lowest BCUT2D eigenvalue weighted by atomic mass is 10.1. The summed E-state index contributed by atoms with van der Waals surface area (Å²) in [5, 5.41) is 0. The number of hydrogen-bond donors (Lipinski definition) is 0. The molecule has 0 aliphatic heterocycles. The zero-order valence-corrected chi connectivity index (χ0v) is 14.4. The number of rotatable bonds is 4. The molecule has 0 N–H and O–H groups in total. The van der Waals surface area contributed by atoms with Gasteiger partial charge >= 0.3 is 10.1 Å². The molecule has 0 unspecified atom stereocenters. The van der Waals surface area contributed by atoms with E-state index in [-0.39, 0.29) is 10.6 Å². The Morgan fingerprint density at radius 1 is 0.696 bits per heavy atom. The van der Waals surface area contributed by atoms with Crippen molar-refractivity contribution in [3.8, 4) is 16.9 Å². The molecule has 0 saturated carbocycles. The first-order chi connectivity index (χ1) is 11.0. The van der Waals surface area contributed by atoms with Crippen molar-refractivity contribution in [1.82, 2.24) is 0 Å². The Balaban J connectivity index is 1.82. The molecule has 5 heteroatoms. The van der Waals surface area contributed by atoms with Crippen LogP contribution in [0.25, 0.3) is 11.1 Å². The van der Waals surface area contributed by atoms with E-state index in [2.05, 4.69) is 15.9 Å². The van der Waals surface area contributed by atoms with Crippen LogP contribution in [0.5, 0.6) is 5.75 Å². The van der Waals surface area contributed by atoms with Gasteiger partial charge in [0.05, 0.1) is 0 Å². The zero-order valence-electron chi connectivity index (χ0n) is 12.0. The molecule has 3 aromatic carbocycles. The van der Waals surface area contributed by atoms with Gasteiger partial charge in [-0.2, -0.15) is 8.42 Å². The minimum atomic E-state index is -3.83. The molecular formula is C18H13BrO3S. The predicted molar refractivity (Wildman–Crippen MR) is 93.8 cm³/mol. The van der Waals surface area contributed by atoms with E-state index < -0.39 is 10.1 Å². The molecule has 0 saturated heterocycles. The van der Waals surface area contributed by atoms with Crippen LogP contribution in [0.4, 0.5) is 0 Å². The molecule has 0 fully saturated rings. The van der Waals surface area contributed by atoms with E-state index in [4.69, 9.17) is 4.18 Å². The highest BCUT2D eigenvalue weighted by Gasteiger charge is 2.16. The first-order valence-corrected chi connectivity index (χ1v) is 9.10. The molecule has 0 aliphatic rings. The van der Waals surface area contributed by atoms with Crippen LogP contribution in [-0.4, -0.2) is 8.42 Å². The summed E-state index contributed by atoms with van der Waals surface area (Å²) in [6.07, 6.45) is 0. The minimum absolute atomic E-state index is 0.118. The lowest BCUT2D eigenvalue weighted by Crippen LogP contribution is -2.09. The van der Waals surface area contributed by atoms with Gasteiger partial charge in [-0.1, -0.05) is 58.4 Å². The molecule has 0 amide bonds. The van der Waals surface area contributed by atoms with Gasteiger partial charge in [-0.05, 0) is 47.5 Å². The summed E-state index contributed by atoms with van der Waals surface area (Å²) in [6, 6.07) is 23.1.